The first-order valence-electron chi connectivity index (χ1n) is 9.49. The predicted molar refractivity (Wildman–Crippen MR) is 117 cm³/mol. The van der Waals surface area contributed by atoms with E-state index in [1.54, 1.807) is 30.3 Å². The summed E-state index contributed by atoms with van der Waals surface area (Å²) >= 11 is 1.20. The summed E-state index contributed by atoms with van der Waals surface area (Å²) in [5, 5.41) is 15.0. The summed E-state index contributed by atoms with van der Waals surface area (Å²) in [6, 6.07) is 18.8. The Bertz CT molecular complexity index is 1520. The minimum Gasteiger partial charge on any atom is -0.486 e. The third-order valence-electron chi connectivity index (χ3n) is 4.60. The van der Waals surface area contributed by atoms with Gasteiger partial charge in [-0.2, -0.15) is 9.50 Å². The van der Waals surface area contributed by atoms with Gasteiger partial charge in [0.15, 0.2) is 5.82 Å². The van der Waals surface area contributed by atoms with Gasteiger partial charge in [0, 0.05) is 23.8 Å². The Morgan fingerprint density at radius 1 is 1.09 bits per heavy atom. The van der Waals surface area contributed by atoms with E-state index in [4.69, 9.17) is 9.15 Å². The normalized spacial score (nSPS) is 11.8. The number of hydrogen-bond donors (Lipinski definition) is 0. The molecule has 0 amide bonds. The summed E-state index contributed by atoms with van der Waals surface area (Å²) in [4.78, 5) is 27.9. The smallest absolute Gasteiger partial charge is 0.291 e. The van der Waals surface area contributed by atoms with Crippen LogP contribution < -0.4 is 14.8 Å². The number of furan rings is 1. The van der Waals surface area contributed by atoms with Gasteiger partial charge >= 0.3 is 0 Å². The largest absolute Gasteiger partial charge is 0.486 e. The molecule has 0 aliphatic carbocycles. The Hall–Kier alpha value is -4.31. The fraction of sp³-hybridized carbons (Fsp3) is 0.0455. The minimum atomic E-state index is -0.457. The highest BCUT2D eigenvalue weighted by atomic mass is 32.1. The molecular weight excluding hydrogens is 432 g/mol. The second kappa shape index (κ2) is 8.08. The second-order valence-corrected chi connectivity index (χ2v) is 7.76. The number of benzene rings is 2. The van der Waals surface area contributed by atoms with E-state index in [1.165, 1.54) is 28.0 Å². The zero-order valence-corrected chi connectivity index (χ0v) is 17.2. The van der Waals surface area contributed by atoms with Crippen LogP contribution in [0.4, 0.5) is 5.69 Å². The summed E-state index contributed by atoms with van der Waals surface area (Å²) in [7, 11) is 0. The third-order valence-corrected chi connectivity index (χ3v) is 5.56. The summed E-state index contributed by atoms with van der Waals surface area (Å²) < 4.78 is 13.1. The number of non-ortho nitro benzene ring substituents is 1. The number of aromatic nitrogens is 3. The minimum absolute atomic E-state index is 0.00561. The van der Waals surface area contributed by atoms with Crippen molar-refractivity contribution in [2.45, 2.75) is 6.61 Å². The van der Waals surface area contributed by atoms with E-state index in [1.807, 2.05) is 30.3 Å². The van der Waals surface area contributed by atoms with Crippen LogP contribution >= 0.6 is 11.3 Å². The molecule has 0 atom stereocenters. The van der Waals surface area contributed by atoms with Crippen molar-refractivity contribution in [2.24, 2.45) is 0 Å². The number of fused-ring (bicyclic) bond motifs is 1. The number of hydrogen-bond acceptors (Lipinski definition) is 8. The number of nitro benzene ring substituents is 1. The van der Waals surface area contributed by atoms with Gasteiger partial charge in [0.05, 0.1) is 4.92 Å². The van der Waals surface area contributed by atoms with E-state index >= 15 is 0 Å². The molecule has 0 N–H and O–H groups in total. The van der Waals surface area contributed by atoms with E-state index in [2.05, 4.69) is 10.1 Å². The zero-order chi connectivity index (χ0) is 22.1. The molecule has 2 aromatic carbocycles. The number of nitrogens with zero attached hydrogens (tertiary/aromatic N) is 4. The molecule has 0 saturated carbocycles. The van der Waals surface area contributed by atoms with Crippen LogP contribution in [-0.2, 0) is 6.61 Å². The average molecular weight is 446 g/mol. The van der Waals surface area contributed by atoms with E-state index < -0.39 is 4.92 Å². The van der Waals surface area contributed by atoms with Gasteiger partial charge < -0.3 is 9.15 Å². The number of thiazole rings is 1. The van der Waals surface area contributed by atoms with Crippen molar-refractivity contribution < 1.29 is 14.1 Å². The number of rotatable bonds is 6. The van der Waals surface area contributed by atoms with Crippen LogP contribution in [-0.4, -0.2) is 19.5 Å². The molecule has 0 bridgehead atoms. The molecule has 0 spiro atoms. The molecule has 0 fully saturated rings. The van der Waals surface area contributed by atoms with Crippen LogP contribution in [0, 0.1) is 10.1 Å². The standard InChI is InChI=1S/C22H14N4O5S/c27-21-19(12-17-10-11-18(31-17)14-6-8-15(9-7-14)26(28)29)32-22-23-20(24-25(21)22)13-30-16-4-2-1-3-5-16/h1-12H,13H2/b19-12-. The molecule has 0 aliphatic heterocycles. The van der Waals surface area contributed by atoms with Crippen molar-refractivity contribution >= 4 is 28.1 Å². The Morgan fingerprint density at radius 3 is 2.59 bits per heavy atom. The monoisotopic (exact) mass is 446 g/mol. The maximum Gasteiger partial charge on any atom is 0.291 e. The maximum atomic E-state index is 12.7. The first-order valence-corrected chi connectivity index (χ1v) is 10.3. The topological polar surface area (TPSA) is 113 Å². The third kappa shape index (κ3) is 3.86. The van der Waals surface area contributed by atoms with Crippen molar-refractivity contribution in [3.8, 4) is 17.1 Å². The molecule has 10 heteroatoms. The summed E-state index contributed by atoms with van der Waals surface area (Å²) in [5.41, 5.74) is 0.408. The Labute approximate surface area is 184 Å². The summed E-state index contributed by atoms with van der Waals surface area (Å²) in [5.74, 6) is 2.14. The van der Waals surface area contributed by atoms with E-state index in [0.717, 1.165) is 0 Å². The molecular formula is C22H14N4O5S. The fourth-order valence-electron chi connectivity index (χ4n) is 3.06. The SMILES string of the molecule is O=c1/c(=C/c2ccc(-c3ccc([N+](=O)[O-])cc3)o2)sc2nc(COc3ccccc3)nn12. The van der Waals surface area contributed by atoms with Gasteiger partial charge in [-0.25, -0.2) is 0 Å². The lowest BCUT2D eigenvalue weighted by Gasteiger charge is -2.01. The molecule has 158 valence electrons. The Balaban J connectivity index is 1.37. The zero-order valence-electron chi connectivity index (χ0n) is 16.4. The molecule has 9 nitrogen and oxygen atoms in total. The van der Waals surface area contributed by atoms with E-state index in [0.29, 0.717) is 38.2 Å². The number of para-hydroxylation sites is 1. The van der Waals surface area contributed by atoms with Crippen LogP contribution in [0.15, 0.2) is 75.9 Å². The van der Waals surface area contributed by atoms with Gasteiger partial charge in [-0.05, 0) is 36.4 Å². The molecule has 3 heterocycles. The van der Waals surface area contributed by atoms with Gasteiger partial charge in [-0.15, -0.1) is 5.10 Å². The fourth-order valence-corrected chi connectivity index (χ4v) is 3.97. The first kappa shape index (κ1) is 19.6. The number of ether oxygens (including phenoxy) is 1. The van der Waals surface area contributed by atoms with E-state index in [-0.39, 0.29) is 17.9 Å². The second-order valence-electron chi connectivity index (χ2n) is 6.75. The van der Waals surface area contributed by atoms with Crippen LogP contribution in [0.2, 0.25) is 0 Å². The predicted octanol–water partition coefficient (Wildman–Crippen LogP) is 3.45. The molecule has 0 unspecified atom stereocenters. The van der Waals surface area contributed by atoms with Crippen LogP contribution in [0.5, 0.6) is 5.75 Å². The van der Waals surface area contributed by atoms with Crippen LogP contribution in [0.25, 0.3) is 22.4 Å². The molecule has 5 rings (SSSR count). The average Bonchev–Trinajstić information content (AvgIpc) is 3.51. The molecule has 0 saturated heterocycles. The summed E-state index contributed by atoms with van der Waals surface area (Å²) in [6.45, 7) is 0.160. The Morgan fingerprint density at radius 2 is 1.88 bits per heavy atom. The lowest BCUT2D eigenvalue weighted by atomic mass is 10.1. The Kier molecular flexibility index (Phi) is 4.96. The van der Waals surface area contributed by atoms with Gasteiger partial charge in [0.2, 0.25) is 4.96 Å². The van der Waals surface area contributed by atoms with Crippen LogP contribution in [0.3, 0.4) is 0 Å². The van der Waals surface area contributed by atoms with E-state index in [9.17, 15) is 14.9 Å². The molecule has 3 aromatic heterocycles. The quantitative estimate of drug-likeness (QED) is 0.290. The number of nitro groups is 1. The highest BCUT2D eigenvalue weighted by Gasteiger charge is 2.12. The first-order chi connectivity index (χ1) is 15.6. The summed E-state index contributed by atoms with van der Waals surface area (Å²) in [6.07, 6.45) is 1.62. The van der Waals surface area contributed by atoms with Gasteiger partial charge in [-0.3, -0.25) is 14.9 Å². The molecule has 0 radical (unpaired) electrons. The van der Waals surface area contributed by atoms with Gasteiger partial charge in [0.25, 0.3) is 11.2 Å². The van der Waals surface area contributed by atoms with Crippen molar-refractivity contribution in [3.05, 3.63) is 103 Å². The molecule has 5 aromatic rings. The van der Waals surface area contributed by atoms with Gasteiger partial charge in [0.1, 0.15) is 28.4 Å². The molecule has 0 aliphatic rings. The molecule has 32 heavy (non-hydrogen) atoms. The van der Waals surface area contributed by atoms with Crippen molar-refractivity contribution in [1.29, 1.82) is 0 Å². The van der Waals surface area contributed by atoms with Crippen molar-refractivity contribution in [3.63, 3.8) is 0 Å². The highest BCUT2D eigenvalue weighted by molar-refractivity contribution is 7.15. The van der Waals surface area contributed by atoms with Gasteiger partial charge in [-0.1, -0.05) is 29.5 Å². The lowest BCUT2D eigenvalue weighted by molar-refractivity contribution is -0.384. The highest BCUT2D eigenvalue weighted by Crippen LogP contribution is 2.24. The van der Waals surface area contributed by atoms with Crippen LogP contribution in [0.1, 0.15) is 11.6 Å². The maximum absolute atomic E-state index is 12.7. The van der Waals surface area contributed by atoms with Crippen molar-refractivity contribution in [1.82, 2.24) is 14.6 Å². The lowest BCUT2D eigenvalue weighted by Crippen LogP contribution is -2.23. The van der Waals surface area contributed by atoms with Crippen molar-refractivity contribution in [2.75, 3.05) is 0 Å².